The zero-order chi connectivity index (χ0) is 43.5. The van der Waals surface area contributed by atoms with Crippen molar-refractivity contribution in [3.05, 3.63) is 206 Å². The quantitative estimate of drug-likeness (QED) is 0.172. The van der Waals surface area contributed by atoms with Gasteiger partial charge in [-0.3, -0.25) is 4.57 Å². The first-order valence-electron chi connectivity index (χ1n) is 21.9. The van der Waals surface area contributed by atoms with Gasteiger partial charge in [-0.05, 0) is 78.9 Å². The molecule has 0 bridgehead atoms. The van der Waals surface area contributed by atoms with Crippen molar-refractivity contribution in [1.29, 1.82) is 5.26 Å². The van der Waals surface area contributed by atoms with Crippen molar-refractivity contribution in [3.63, 3.8) is 0 Å². The van der Waals surface area contributed by atoms with Crippen molar-refractivity contribution in [2.24, 2.45) is 0 Å². The van der Waals surface area contributed by atoms with Crippen LogP contribution in [0.5, 0.6) is 0 Å². The number of aromatic nitrogens is 6. The highest BCUT2D eigenvalue weighted by Gasteiger charge is 2.24. The summed E-state index contributed by atoms with van der Waals surface area (Å²) in [5.41, 5.74) is 11.7. The third kappa shape index (κ3) is 5.11. The average molecular weight is 844 g/mol. The molecule has 5 aromatic heterocycles. The summed E-state index contributed by atoms with van der Waals surface area (Å²) in [4.78, 5) is 15.3. The van der Waals surface area contributed by atoms with Crippen LogP contribution < -0.4 is 0 Å². The molecule has 14 aromatic rings. The molecule has 0 aliphatic carbocycles. The molecular formula is C58H33N7O. The largest absolute Gasteiger partial charge is 0.455 e. The minimum atomic E-state index is 0.468. The van der Waals surface area contributed by atoms with Crippen LogP contribution in [0.3, 0.4) is 0 Å². The summed E-state index contributed by atoms with van der Waals surface area (Å²) in [5, 5.41) is 19.6. The van der Waals surface area contributed by atoms with Gasteiger partial charge < -0.3 is 13.6 Å². The number of nitriles is 1. The lowest BCUT2D eigenvalue weighted by Crippen LogP contribution is -2.06. The zero-order valence-corrected chi connectivity index (χ0v) is 35.1. The summed E-state index contributed by atoms with van der Waals surface area (Å²) < 4.78 is 13.8. The van der Waals surface area contributed by atoms with Crippen LogP contribution in [0.2, 0.25) is 0 Å². The average Bonchev–Trinajstić information content (AvgIpc) is 4.13. The van der Waals surface area contributed by atoms with Gasteiger partial charge in [-0.1, -0.05) is 121 Å². The Morgan fingerprint density at radius 1 is 0.379 bits per heavy atom. The van der Waals surface area contributed by atoms with E-state index in [0.29, 0.717) is 28.7 Å². The molecular weight excluding hydrogens is 811 g/mol. The highest BCUT2D eigenvalue weighted by Crippen LogP contribution is 2.45. The van der Waals surface area contributed by atoms with Crippen molar-refractivity contribution in [1.82, 2.24) is 28.7 Å². The van der Waals surface area contributed by atoms with Gasteiger partial charge in [0.05, 0.1) is 55.1 Å². The van der Waals surface area contributed by atoms with E-state index in [4.69, 9.17) is 19.4 Å². The number of para-hydroxylation sites is 5. The number of furan rings is 1. The van der Waals surface area contributed by atoms with E-state index in [-0.39, 0.29) is 0 Å². The normalized spacial score (nSPS) is 11.9. The molecule has 0 saturated carbocycles. The lowest BCUT2D eigenvalue weighted by atomic mass is 10.1. The van der Waals surface area contributed by atoms with Crippen molar-refractivity contribution < 1.29 is 4.42 Å². The molecule has 0 aliphatic rings. The molecule has 0 fully saturated rings. The molecule has 66 heavy (non-hydrogen) atoms. The van der Waals surface area contributed by atoms with E-state index < -0.39 is 0 Å². The Kier molecular flexibility index (Phi) is 7.59. The van der Waals surface area contributed by atoms with Crippen LogP contribution in [-0.4, -0.2) is 28.7 Å². The fourth-order valence-electron chi connectivity index (χ4n) is 10.3. The van der Waals surface area contributed by atoms with E-state index in [1.165, 1.54) is 0 Å². The van der Waals surface area contributed by atoms with E-state index in [9.17, 15) is 5.26 Å². The maximum Gasteiger partial charge on any atom is 0.238 e. The SMILES string of the molecule is N#Cc1cc(-c2nc(-c3ccccc3)nc(-n3c4ccccc4c4ccccc43)n2)ccc1-n1c2ccccc2c2c3oc4c(ccc5c4c4ccccc4n5-c4ccccc4)c3ccc21. The Morgan fingerprint density at radius 3 is 1.45 bits per heavy atom. The molecule has 0 spiro atoms. The van der Waals surface area contributed by atoms with Crippen LogP contribution in [0.15, 0.2) is 205 Å². The Hall–Kier alpha value is -9.32. The van der Waals surface area contributed by atoms with Crippen LogP contribution in [0, 0.1) is 11.3 Å². The summed E-state index contributed by atoms with van der Waals surface area (Å²) in [7, 11) is 0. The van der Waals surface area contributed by atoms with Crippen molar-refractivity contribution in [2.45, 2.75) is 0 Å². The summed E-state index contributed by atoms with van der Waals surface area (Å²) in [6.07, 6.45) is 0. The highest BCUT2D eigenvalue weighted by atomic mass is 16.3. The molecule has 9 aromatic carbocycles. The van der Waals surface area contributed by atoms with E-state index in [2.05, 4.69) is 147 Å². The first-order chi connectivity index (χ1) is 32.7. The maximum absolute atomic E-state index is 11.0. The second-order valence-electron chi connectivity index (χ2n) is 16.7. The Balaban J connectivity index is 0.976. The summed E-state index contributed by atoms with van der Waals surface area (Å²) >= 11 is 0. The molecule has 0 atom stereocenters. The first-order valence-corrected chi connectivity index (χ1v) is 21.9. The van der Waals surface area contributed by atoms with Crippen LogP contribution >= 0.6 is 0 Å². The van der Waals surface area contributed by atoms with Gasteiger partial charge in [-0.2, -0.15) is 15.2 Å². The molecule has 0 aliphatic heterocycles. The lowest BCUT2D eigenvalue weighted by molar-refractivity contribution is 0.677. The lowest BCUT2D eigenvalue weighted by Gasteiger charge is -2.13. The minimum absolute atomic E-state index is 0.468. The van der Waals surface area contributed by atoms with Crippen molar-refractivity contribution >= 4 is 87.4 Å². The monoisotopic (exact) mass is 843 g/mol. The maximum atomic E-state index is 11.0. The zero-order valence-electron chi connectivity index (χ0n) is 35.1. The number of benzene rings is 9. The van der Waals surface area contributed by atoms with Crippen LogP contribution in [0.1, 0.15) is 5.56 Å². The number of nitrogens with zero attached hydrogens (tertiary/aromatic N) is 7. The van der Waals surface area contributed by atoms with Gasteiger partial charge in [0.25, 0.3) is 0 Å². The van der Waals surface area contributed by atoms with Gasteiger partial charge >= 0.3 is 0 Å². The standard InChI is InChI=1S/C58H33N7O/c59-34-37-33-36(57-60-56(35-15-3-1-4-16-35)61-58(62-57)65-46-23-11-7-19-39(46)40-20-8-12-24-47(40)65)27-30-45(37)64-49-26-14-10-22-44(49)53-51(64)32-29-42-41-28-31-50-52(54(41)66-55(42)53)43-21-9-13-25-48(43)63(50)38-17-5-2-6-18-38/h1-33H. The smallest absolute Gasteiger partial charge is 0.238 e. The van der Waals surface area contributed by atoms with Gasteiger partial charge in [-0.25, -0.2) is 4.98 Å². The van der Waals surface area contributed by atoms with E-state index in [1.807, 2.05) is 72.8 Å². The molecule has 0 N–H and O–H groups in total. The van der Waals surface area contributed by atoms with Crippen molar-refractivity contribution in [3.8, 4) is 46.2 Å². The number of fused-ring (bicyclic) bond motifs is 14. The van der Waals surface area contributed by atoms with E-state index >= 15 is 0 Å². The number of rotatable bonds is 5. The summed E-state index contributed by atoms with van der Waals surface area (Å²) in [5.74, 6) is 1.51. The van der Waals surface area contributed by atoms with E-state index in [1.54, 1.807) is 0 Å². The number of hydrogen-bond donors (Lipinski definition) is 0. The van der Waals surface area contributed by atoms with Gasteiger partial charge in [-0.15, -0.1) is 0 Å². The van der Waals surface area contributed by atoms with E-state index in [0.717, 1.165) is 104 Å². The second-order valence-corrected chi connectivity index (χ2v) is 16.7. The van der Waals surface area contributed by atoms with Crippen LogP contribution in [0.4, 0.5) is 0 Å². The fraction of sp³-hybridized carbons (Fsp3) is 0. The Bertz CT molecular complexity index is 4310. The molecule has 0 amide bonds. The van der Waals surface area contributed by atoms with Gasteiger partial charge in [0, 0.05) is 49.1 Å². The third-order valence-electron chi connectivity index (χ3n) is 13.1. The summed E-state index contributed by atoms with van der Waals surface area (Å²) in [6.45, 7) is 0. The molecule has 306 valence electrons. The van der Waals surface area contributed by atoms with Gasteiger partial charge in [0.1, 0.15) is 17.2 Å². The third-order valence-corrected chi connectivity index (χ3v) is 13.1. The topological polar surface area (TPSA) is 90.4 Å². The predicted octanol–water partition coefficient (Wildman–Crippen LogP) is 14.3. The summed E-state index contributed by atoms with van der Waals surface area (Å²) in [6, 6.07) is 71.2. The highest BCUT2D eigenvalue weighted by molar-refractivity contribution is 6.29. The Morgan fingerprint density at radius 2 is 0.864 bits per heavy atom. The number of hydrogen-bond acceptors (Lipinski definition) is 5. The molecule has 8 heteroatoms. The fourth-order valence-corrected chi connectivity index (χ4v) is 10.3. The van der Waals surface area contributed by atoms with Gasteiger partial charge in [0.2, 0.25) is 5.95 Å². The second kappa shape index (κ2) is 13.8. The molecule has 8 nitrogen and oxygen atoms in total. The molecule has 0 radical (unpaired) electrons. The minimum Gasteiger partial charge on any atom is -0.455 e. The van der Waals surface area contributed by atoms with Crippen LogP contribution in [-0.2, 0) is 0 Å². The first kappa shape index (κ1) is 36.2. The predicted molar refractivity (Wildman–Crippen MR) is 266 cm³/mol. The molecule has 5 heterocycles. The Labute approximate surface area is 376 Å². The van der Waals surface area contributed by atoms with Crippen LogP contribution in [0.25, 0.3) is 127 Å². The van der Waals surface area contributed by atoms with Crippen molar-refractivity contribution in [2.75, 3.05) is 0 Å². The molecule has 14 rings (SSSR count). The van der Waals surface area contributed by atoms with Gasteiger partial charge in [0.15, 0.2) is 11.6 Å². The molecule has 0 saturated heterocycles. The molecule has 0 unspecified atom stereocenters.